The first-order valence-corrected chi connectivity index (χ1v) is 5.33. The molecule has 0 unspecified atom stereocenters. The van der Waals surface area contributed by atoms with Crippen LogP contribution in [0, 0.1) is 0 Å². The summed E-state index contributed by atoms with van der Waals surface area (Å²) < 4.78 is 47.5. The third-order valence-electron chi connectivity index (χ3n) is 2.54. The molecule has 0 amide bonds. The van der Waals surface area contributed by atoms with E-state index in [0.29, 0.717) is 26.3 Å². The third-order valence-corrected chi connectivity index (χ3v) is 2.54. The van der Waals surface area contributed by atoms with Crippen molar-refractivity contribution < 1.29 is 27.1 Å². The summed E-state index contributed by atoms with van der Waals surface area (Å²) in [6.45, 7) is 2.38. The normalized spacial score (nSPS) is 17.9. The van der Waals surface area contributed by atoms with Crippen LogP contribution in [-0.2, 0) is 17.5 Å². The van der Waals surface area contributed by atoms with Gasteiger partial charge in [0.25, 0.3) is 0 Å². The molecule has 0 spiro atoms. The molecule has 1 fully saturated rings. The third kappa shape index (κ3) is 2.88. The Kier molecular flexibility index (Phi) is 3.67. The van der Waals surface area contributed by atoms with E-state index in [4.69, 9.17) is 9.15 Å². The molecular weight excluding hydrogens is 253 g/mol. The Labute approximate surface area is 101 Å². The quantitative estimate of drug-likeness (QED) is 0.771. The minimum Gasteiger partial charge on any atom is -0.436 e. The number of hydrogen-bond donors (Lipinski definition) is 0. The fourth-order valence-corrected chi connectivity index (χ4v) is 1.68. The van der Waals surface area contributed by atoms with Gasteiger partial charge in [0.1, 0.15) is 0 Å². The Hall–Kier alpha value is -1.41. The van der Waals surface area contributed by atoms with E-state index < -0.39 is 17.6 Å². The van der Waals surface area contributed by atoms with Crippen LogP contribution in [0.4, 0.5) is 13.2 Å². The Bertz CT molecular complexity index is 424. The second kappa shape index (κ2) is 5.07. The minimum absolute atomic E-state index is 0.0264. The maximum atomic E-state index is 12.5. The van der Waals surface area contributed by atoms with E-state index >= 15 is 0 Å². The summed E-state index contributed by atoms with van der Waals surface area (Å²) in [5.41, 5.74) is -1.26. The number of rotatable bonds is 3. The molecule has 18 heavy (non-hydrogen) atoms. The van der Waals surface area contributed by atoms with Gasteiger partial charge in [0.05, 0.1) is 19.8 Å². The molecular formula is C10H11F3N2O3. The van der Waals surface area contributed by atoms with Crippen molar-refractivity contribution in [2.45, 2.75) is 12.7 Å². The molecule has 1 aliphatic rings. The Morgan fingerprint density at radius 2 is 2.00 bits per heavy atom. The fraction of sp³-hybridized carbons (Fsp3) is 0.600. The van der Waals surface area contributed by atoms with Gasteiger partial charge in [-0.3, -0.25) is 9.69 Å². The zero-order chi connectivity index (χ0) is 13.2. The Balaban J connectivity index is 2.14. The standard InChI is InChI=1S/C10H11F3N2O3/c11-10(12,13)9-7(6-16)18-8(14-9)5-15-1-3-17-4-2-15/h6H,1-5H2. The lowest BCUT2D eigenvalue weighted by Gasteiger charge is -2.24. The van der Waals surface area contributed by atoms with Gasteiger partial charge < -0.3 is 9.15 Å². The van der Waals surface area contributed by atoms with Crippen molar-refractivity contribution in [3.63, 3.8) is 0 Å². The van der Waals surface area contributed by atoms with Crippen LogP contribution in [0.15, 0.2) is 4.42 Å². The maximum absolute atomic E-state index is 12.5. The number of aldehydes is 1. The number of aromatic nitrogens is 1. The first-order valence-electron chi connectivity index (χ1n) is 5.33. The molecule has 0 atom stereocenters. The number of ether oxygens (including phenoxy) is 1. The molecule has 1 aliphatic heterocycles. The molecule has 2 heterocycles. The fourth-order valence-electron chi connectivity index (χ4n) is 1.68. The highest BCUT2D eigenvalue weighted by Gasteiger charge is 2.38. The highest BCUT2D eigenvalue weighted by atomic mass is 19.4. The van der Waals surface area contributed by atoms with Gasteiger partial charge in [0.2, 0.25) is 5.89 Å². The van der Waals surface area contributed by atoms with Crippen LogP contribution in [0.25, 0.3) is 0 Å². The van der Waals surface area contributed by atoms with Gasteiger partial charge >= 0.3 is 6.18 Å². The van der Waals surface area contributed by atoms with Crippen molar-refractivity contribution in [3.8, 4) is 0 Å². The highest BCUT2D eigenvalue weighted by Crippen LogP contribution is 2.31. The number of morpholine rings is 1. The second-order valence-electron chi connectivity index (χ2n) is 3.82. The number of alkyl halides is 3. The molecule has 1 aromatic heterocycles. The van der Waals surface area contributed by atoms with Crippen molar-refractivity contribution in [1.82, 2.24) is 9.88 Å². The number of hydrogen-bond acceptors (Lipinski definition) is 5. The van der Waals surface area contributed by atoms with Gasteiger partial charge in [-0.15, -0.1) is 0 Å². The largest absolute Gasteiger partial charge is 0.437 e. The molecule has 0 N–H and O–H groups in total. The van der Waals surface area contributed by atoms with Gasteiger partial charge in [-0.2, -0.15) is 13.2 Å². The lowest BCUT2D eigenvalue weighted by molar-refractivity contribution is -0.141. The van der Waals surface area contributed by atoms with Crippen molar-refractivity contribution in [2.75, 3.05) is 26.3 Å². The maximum Gasteiger partial charge on any atom is 0.437 e. The van der Waals surface area contributed by atoms with E-state index in [1.54, 1.807) is 0 Å². The van der Waals surface area contributed by atoms with E-state index in [0.717, 1.165) is 0 Å². The average molecular weight is 264 g/mol. The molecule has 0 aliphatic carbocycles. The van der Waals surface area contributed by atoms with Crippen LogP contribution in [0.2, 0.25) is 0 Å². The minimum atomic E-state index is -4.68. The van der Waals surface area contributed by atoms with Crippen molar-refractivity contribution in [3.05, 3.63) is 17.3 Å². The van der Waals surface area contributed by atoms with Gasteiger partial charge in [-0.1, -0.05) is 0 Å². The summed E-state index contributed by atoms with van der Waals surface area (Å²) in [6.07, 6.45) is -4.65. The predicted molar refractivity (Wildman–Crippen MR) is 53.0 cm³/mol. The van der Waals surface area contributed by atoms with Crippen LogP contribution in [0.5, 0.6) is 0 Å². The van der Waals surface area contributed by atoms with E-state index in [1.807, 2.05) is 4.90 Å². The van der Waals surface area contributed by atoms with Crippen LogP contribution < -0.4 is 0 Å². The first kappa shape index (κ1) is 13.0. The summed E-state index contributed by atoms with van der Waals surface area (Å²) in [7, 11) is 0. The van der Waals surface area contributed by atoms with Gasteiger partial charge in [-0.05, 0) is 0 Å². The Morgan fingerprint density at radius 1 is 1.33 bits per heavy atom. The number of carbonyl (C=O) groups is 1. The number of halogens is 3. The lowest BCUT2D eigenvalue weighted by Crippen LogP contribution is -2.35. The van der Waals surface area contributed by atoms with Crippen LogP contribution in [0.1, 0.15) is 22.1 Å². The van der Waals surface area contributed by atoms with E-state index in [2.05, 4.69) is 4.98 Å². The van der Waals surface area contributed by atoms with Crippen LogP contribution in [0.3, 0.4) is 0 Å². The summed E-state index contributed by atoms with van der Waals surface area (Å²) in [5.74, 6) is -0.878. The molecule has 0 radical (unpaired) electrons. The lowest BCUT2D eigenvalue weighted by atomic mass is 10.3. The summed E-state index contributed by atoms with van der Waals surface area (Å²) in [5, 5.41) is 0. The summed E-state index contributed by atoms with van der Waals surface area (Å²) in [6, 6.07) is 0. The topological polar surface area (TPSA) is 55.6 Å². The molecule has 2 rings (SSSR count). The van der Waals surface area contributed by atoms with Gasteiger partial charge in [-0.25, -0.2) is 4.98 Å². The van der Waals surface area contributed by atoms with Gasteiger partial charge in [0.15, 0.2) is 17.7 Å². The van der Waals surface area contributed by atoms with E-state index in [1.165, 1.54) is 0 Å². The zero-order valence-corrected chi connectivity index (χ0v) is 9.37. The molecule has 0 saturated carbocycles. The number of nitrogens with zero attached hydrogens (tertiary/aromatic N) is 2. The monoisotopic (exact) mass is 264 g/mol. The van der Waals surface area contributed by atoms with E-state index in [9.17, 15) is 18.0 Å². The van der Waals surface area contributed by atoms with Crippen LogP contribution >= 0.6 is 0 Å². The summed E-state index contributed by atoms with van der Waals surface area (Å²) in [4.78, 5) is 15.7. The molecule has 1 aromatic rings. The van der Waals surface area contributed by atoms with E-state index in [-0.39, 0.29) is 18.7 Å². The summed E-state index contributed by atoms with van der Waals surface area (Å²) >= 11 is 0. The molecule has 8 heteroatoms. The Morgan fingerprint density at radius 3 is 2.50 bits per heavy atom. The molecule has 100 valence electrons. The van der Waals surface area contributed by atoms with Crippen LogP contribution in [-0.4, -0.2) is 42.5 Å². The molecule has 5 nitrogen and oxygen atoms in total. The second-order valence-corrected chi connectivity index (χ2v) is 3.82. The molecule has 1 saturated heterocycles. The molecule has 0 aromatic carbocycles. The van der Waals surface area contributed by atoms with Crippen molar-refractivity contribution in [1.29, 1.82) is 0 Å². The number of carbonyl (C=O) groups excluding carboxylic acids is 1. The van der Waals surface area contributed by atoms with Crippen molar-refractivity contribution in [2.24, 2.45) is 0 Å². The zero-order valence-electron chi connectivity index (χ0n) is 9.37. The predicted octanol–water partition coefficient (Wildman–Crippen LogP) is 1.34. The smallest absolute Gasteiger partial charge is 0.436 e. The van der Waals surface area contributed by atoms with Gasteiger partial charge in [0, 0.05) is 13.1 Å². The first-order chi connectivity index (χ1) is 8.50. The SMILES string of the molecule is O=Cc1oc(CN2CCOCC2)nc1C(F)(F)F. The molecule has 0 bridgehead atoms. The van der Waals surface area contributed by atoms with Crippen molar-refractivity contribution >= 4 is 6.29 Å². The number of oxazole rings is 1. The highest BCUT2D eigenvalue weighted by molar-refractivity contribution is 5.72. The average Bonchev–Trinajstić information content (AvgIpc) is 2.73.